The van der Waals surface area contributed by atoms with Crippen LogP contribution in [0.25, 0.3) is 0 Å². The highest BCUT2D eigenvalue weighted by atomic mass is 16.7. The van der Waals surface area contributed by atoms with Crippen molar-refractivity contribution in [1.29, 1.82) is 0 Å². The molecule has 3 saturated heterocycles. The van der Waals surface area contributed by atoms with Crippen LogP contribution in [0.5, 0.6) is 0 Å². The molecule has 0 radical (unpaired) electrons. The summed E-state index contributed by atoms with van der Waals surface area (Å²) < 4.78 is 0. The summed E-state index contributed by atoms with van der Waals surface area (Å²) in [6, 6.07) is 0.220. The van der Waals surface area contributed by atoms with Gasteiger partial charge in [-0.25, -0.2) is 0 Å². The smallest absolute Gasteiger partial charge is 0.232 e. The number of piperidine rings is 3. The Hall–Kier alpha value is -1.87. The molecule has 0 aliphatic carbocycles. The minimum absolute atomic E-state index is 0.0144. The van der Waals surface area contributed by atoms with Crippen LogP contribution < -0.4 is 15.5 Å². The summed E-state index contributed by atoms with van der Waals surface area (Å²) in [6.45, 7) is 22.2. The molecule has 4 heterocycles. The zero-order valence-corrected chi connectivity index (χ0v) is 34.8. The van der Waals surface area contributed by atoms with Gasteiger partial charge < -0.3 is 35.2 Å². The molecule has 0 aromatic carbocycles. The lowest BCUT2D eigenvalue weighted by Crippen LogP contribution is -2.59. The average Bonchev–Trinajstić information content (AvgIpc) is 3.05. The summed E-state index contributed by atoms with van der Waals surface area (Å²) >= 11 is 0. The second kappa shape index (κ2) is 18.6. The van der Waals surface area contributed by atoms with Gasteiger partial charge in [0.05, 0.1) is 27.9 Å². The van der Waals surface area contributed by atoms with Gasteiger partial charge in [0.2, 0.25) is 17.8 Å². The fourth-order valence-electron chi connectivity index (χ4n) is 10.4. The Balaban J connectivity index is 1.36. The van der Waals surface area contributed by atoms with Gasteiger partial charge in [0.25, 0.3) is 0 Å². The third-order valence-electron chi connectivity index (χ3n) is 11.7. The molecule has 4 rings (SSSR count). The summed E-state index contributed by atoms with van der Waals surface area (Å²) in [5.41, 5.74) is 0.0574. The number of rotatable bonds is 19. The van der Waals surface area contributed by atoms with E-state index in [2.05, 4.69) is 81.0 Å². The first kappa shape index (κ1) is 42.9. The molecule has 0 atom stereocenters. The number of aromatic nitrogens is 3. The Labute approximate surface area is 315 Å². The first-order chi connectivity index (χ1) is 24.5. The lowest BCUT2D eigenvalue weighted by Gasteiger charge is -2.53. The Morgan fingerprint density at radius 3 is 1.44 bits per heavy atom. The fraction of sp³-hybridized carbons (Fsp3) is 0.923. The number of nitrogens with zero attached hydrogens (tertiary/aromatic N) is 7. The van der Waals surface area contributed by atoms with Gasteiger partial charge in [0.1, 0.15) is 0 Å². The van der Waals surface area contributed by atoms with Crippen molar-refractivity contribution in [3.05, 3.63) is 0 Å². The Morgan fingerprint density at radius 1 is 0.654 bits per heavy atom. The lowest BCUT2D eigenvalue weighted by molar-refractivity contribution is -0.272. The third-order valence-corrected chi connectivity index (χ3v) is 11.7. The molecule has 0 bridgehead atoms. The normalized spacial score (nSPS) is 23.2. The highest BCUT2D eigenvalue weighted by Crippen LogP contribution is 2.44. The van der Waals surface area contributed by atoms with Gasteiger partial charge in [-0.15, -0.1) is 0 Å². The summed E-state index contributed by atoms with van der Waals surface area (Å²) in [5.74, 6) is 3.14. The zero-order valence-electron chi connectivity index (χ0n) is 34.8. The largest absolute Gasteiger partial charge is 0.395 e. The second-order valence-electron chi connectivity index (χ2n) is 18.1. The van der Waals surface area contributed by atoms with Gasteiger partial charge in [-0.2, -0.15) is 30.1 Å². The number of anilines is 3. The van der Waals surface area contributed by atoms with Crippen molar-refractivity contribution in [3.63, 3.8) is 0 Å². The van der Waals surface area contributed by atoms with Crippen molar-refractivity contribution < 1.29 is 19.6 Å². The highest BCUT2D eigenvalue weighted by molar-refractivity contribution is 5.44. The van der Waals surface area contributed by atoms with Crippen LogP contribution in [0.4, 0.5) is 17.8 Å². The second-order valence-corrected chi connectivity index (χ2v) is 18.1. The van der Waals surface area contributed by atoms with Gasteiger partial charge in [0.15, 0.2) is 0 Å². The maximum atomic E-state index is 10.1. The van der Waals surface area contributed by atoms with Gasteiger partial charge in [-0.1, -0.05) is 25.7 Å². The van der Waals surface area contributed by atoms with Crippen LogP contribution in [0.15, 0.2) is 0 Å². The Morgan fingerprint density at radius 2 is 1.08 bits per heavy atom. The van der Waals surface area contributed by atoms with Crippen molar-refractivity contribution in [1.82, 2.24) is 30.1 Å². The van der Waals surface area contributed by atoms with Crippen LogP contribution in [0.2, 0.25) is 0 Å². The van der Waals surface area contributed by atoms with Crippen molar-refractivity contribution in [3.8, 4) is 0 Å². The molecule has 1 aromatic heterocycles. The van der Waals surface area contributed by atoms with E-state index >= 15 is 0 Å². The molecule has 3 N–H and O–H groups in total. The number of nitrogens with one attached hydrogen (secondary N) is 2. The highest BCUT2D eigenvalue weighted by Gasteiger charge is 2.47. The SMILES string of the molecule is CON1CCC(N(CCO)c2nc(NCCCCC3CC(C)(C)N(OC)C(C)(C)C3)nc(NCCCCC3CC(C)(C)N(OC)C(C)(C)C3)n2)CC1. The molecule has 52 heavy (non-hydrogen) atoms. The van der Waals surface area contributed by atoms with Gasteiger partial charge in [0, 0.05) is 60.9 Å². The fourth-order valence-corrected chi connectivity index (χ4v) is 10.4. The van der Waals surface area contributed by atoms with Crippen LogP contribution in [-0.2, 0) is 14.5 Å². The topological polar surface area (TPSA) is 124 Å². The molecule has 3 fully saturated rings. The van der Waals surface area contributed by atoms with Crippen LogP contribution >= 0.6 is 0 Å². The zero-order chi connectivity index (χ0) is 38.2. The molecule has 3 aliphatic heterocycles. The molecular formula is C39H75N9O4. The Bertz CT molecular complexity index is 1120. The minimum atomic E-state index is 0.0144. The number of hydrogen-bond donors (Lipinski definition) is 3. The van der Waals surface area contributed by atoms with E-state index in [9.17, 15) is 5.11 Å². The summed E-state index contributed by atoms with van der Waals surface area (Å²) in [7, 11) is 5.32. The molecular weight excluding hydrogens is 658 g/mol. The predicted octanol–water partition coefficient (Wildman–Crippen LogP) is 6.52. The standard InChI is InChI=1S/C39H75N9O4/c1-36(2)26-30(27-37(3,4)47(36)51-10)16-12-14-20-40-33-42-34(44-35(43-33)46(24-25-49)32-18-22-45(50-9)23-19-32)41-21-15-13-17-31-28-38(5,6)48(52-11)39(7,8)29-31/h30-32,49H,12-29H2,1-11H3,(H2,40,41,42,43,44). The monoisotopic (exact) mass is 734 g/mol. The maximum absolute atomic E-state index is 10.1. The van der Waals surface area contributed by atoms with Crippen LogP contribution in [-0.4, -0.2) is 124 Å². The number of unbranched alkanes of at least 4 members (excludes halogenated alkanes) is 2. The summed E-state index contributed by atoms with van der Waals surface area (Å²) in [5, 5.41) is 23.5. The lowest BCUT2D eigenvalue weighted by atomic mass is 9.73. The quantitative estimate of drug-likeness (QED) is 0.134. The van der Waals surface area contributed by atoms with Gasteiger partial charge in [-0.05, 0) is 119 Å². The van der Waals surface area contributed by atoms with E-state index in [4.69, 9.17) is 29.5 Å². The van der Waals surface area contributed by atoms with Gasteiger partial charge >= 0.3 is 0 Å². The van der Waals surface area contributed by atoms with E-state index in [1.165, 1.54) is 12.8 Å². The van der Waals surface area contributed by atoms with Crippen LogP contribution in [0.3, 0.4) is 0 Å². The van der Waals surface area contributed by atoms with E-state index < -0.39 is 0 Å². The van der Waals surface area contributed by atoms with E-state index in [1.807, 2.05) is 5.06 Å². The molecule has 0 unspecified atom stereocenters. The van der Waals surface area contributed by atoms with Crippen LogP contribution in [0.1, 0.15) is 132 Å². The molecule has 0 spiro atoms. The third kappa shape index (κ3) is 11.3. The van der Waals surface area contributed by atoms with Crippen molar-refractivity contribution in [2.24, 2.45) is 11.8 Å². The van der Waals surface area contributed by atoms with E-state index in [0.29, 0.717) is 36.2 Å². The number of aliphatic hydroxyl groups is 1. The minimum Gasteiger partial charge on any atom is -0.395 e. The molecule has 0 amide bonds. The van der Waals surface area contributed by atoms with E-state index in [1.54, 1.807) is 21.3 Å². The summed E-state index contributed by atoms with van der Waals surface area (Å²) in [6.07, 6.45) is 13.2. The molecule has 13 heteroatoms. The number of aliphatic hydroxyl groups excluding tert-OH is 1. The van der Waals surface area contributed by atoms with Crippen molar-refractivity contribution in [2.75, 3.05) is 76.2 Å². The van der Waals surface area contributed by atoms with E-state index in [-0.39, 0.29) is 34.8 Å². The van der Waals surface area contributed by atoms with Gasteiger partial charge in [-0.3, -0.25) is 0 Å². The van der Waals surface area contributed by atoms with Crippen LogP contribution in [0, 0.1) is 11.8 Å². The number of hydroxylamine groups is 6. The number of hydrogen-bond acceptors (Lipinski definition) is 13. The van der Waals surface area contributed by atoms with E-state index in [0.717, 1.165) is 90.4 Å². The average molecular weight is 734 g/mol. The molecule has 300 valence electrons. The predicted molar refractivity (Wildman–Crippen MR) is 210 cm³/mol. The molecule has 3 aliphatic rings. The first-order valence-corrected chi connectivity index (χ1v) is 20.1. The molecule has 1 aromatic rings. The van der Waals surface area contributed by atoms with Crippen molar-refractivity contribution in [2.45, 2.75) is 161 Å². The maximum Gasteiger partial charge on any atom is 0.232 e. The van der Waals surface area contributed by atoms with Crippen molar-refractivity contribution >= 4 is 17.8 Å². The molecule has 13 nitrogen and oxygen atoms in total. The summed E-state index contributed by atoms with van der Waals surface area (Å²) in [4.78, 5) is 33.9. The molecule has 0 saturated carbocycles. The first-order valence-electron chi connectivity index (χ1n) is 20.1. The Kier molecular flexibility index (Phi) is 15.4.